The van der Waals surface area contributed by atoms with E-state index in [1.807, 2.05) is 24.3 Å². The molecule has 3 aliphatic carbocycles. The fraction of sp³-hybridized carbons (Fsp3) is 0.467. The molecule has 39 heavy (non-hydrogen) atoms. The maximum absolute atomic E-state index is 13.2. The van der Waals surface area contributed by atoms with Gasteiger partial charge in [0.15, 0.2) is 5.69 Å². The van der Waals surface area contributed by atoms with Crippen molar-refractivity contribution < 1.29 is 13.3 Å². The van der Waals surface area contributed by atoms with Gasteiger partial charge in [-0.15, -0.1) is 0 Å². The molecule has 0 saturated heterocycles. The molecule has 9 heteroatoms. The lowest BCUT2D eigenvalue weighted by atomic mass is 9.55. The molecule has 4 unspecified atom stereocenters. The van der Waals surface area contributed by atoms with Crippen molar-refractivity contribution in [1.82, 2.24) is 15.5 Å². The molecular weight excluding hydrogens is 512 g/mol. The SMILES string of the molecule is CCc1cc2c(cc1OS[N+](=O)[O-])CCC1C2CCC2(C)c3[nH]nc(C(=O)NCCc4ccccc4)c3CC12. The van der Waals surface area contributed by atoms with Crippen LogP contribution in [-0.2, 0) is 31.1 Å². The molecule has 2 aromatic carbocycles. The number of nitrogens with zero attached hydrogens (tertiary/aromatic N) is 2. The number of amides is 1. The van der Waals surface area contributed by atoms with E-state index in [0.717, 1.165) is 61.8 Å². The Morgan fingerprint density at radius 1 is 1.28 bits per heavy atom. The zero-order valence-corrected chi connectivity index (χ0v) is 23.2. The number of H-pyrrole nitrogens is 1. The van der Waals surface area contributed by atoms with Crippen LogP contribution < -0.4 is 9.50 Å². The third-order valence-electron chi connectivity index (χ3n) is 9.48. The lowest BCUT2D eigenvalue weighted by Crippen LogP contribution is -2.43. The number of hydrogen-bond donors (Lipinski definition) is 2. The van der Waals surface area contributed by atoms with Gasteiger partial charge in [-0.3, -0.25) is 9.89 Å². The number of nitrogens with one attached hydrogen (secondary N) is 2. The molecule has 1 heterocycles. The summed E-state index contributed by atoms with van der Waals surface area (Å²) in [5.74, 6) is 1.95. The van der Waals surface area contributed by atoms with Crippen molar-refractivity contribution in [2.45, 2.75) is 70.1 Å². The summed E-state index contributed by atoms with van der Waals surface area (Å²) in [5.41, 5.74) is 7.66. The zero-order chi connectivity index (χ0) is 27.1. The van der Waals surface area contributed by atoms with E-state index in [-0.39, 0.29) is 23.6 Å². The van der Waals surface area contributed by atoms with Crippen molar-refractivity contribution in [2.75, 3.05) is 6.54 Å². The predicted octanol–water partition coefficient (Wildman–Crippen LogP) is 5.73. The van der Waals surface area contributed by atoms with Gasteiger partial charge >= 0.3 is 12.2 Å². The van der Waals surface area contributed by atoms with Gasteiger partial charge in [-0.25, -0.2) is 10.1 Å². The molecule has 6 rings (SSSR count). The molecule has 8 nitrogen and oxygen atoms in total. The normalized spacial score (nSPS) is 24.7. The molecule has 1 amide bonds. The van der Waals surface area contributed by atoms with Crippen LogP contribution in [0, 0.1) is 22.0 Å². The minimum atomic E-state index is -0.516. The fourth-order valence-electron chi connectivity index (χ4n) is 7.57. The highest BCUT2D eigenvalue weighted by molar-refractivity contribution is 7.88. The second-order valence-electron chi connectivity index (χ2n) is 11.4. The lowest BCUT2D eigenvalue weighted by Gasteiger charge is -2.49. The van der Waals surface area contributed by atoms with Crippen LogP contribution in [0.25, 0.3) is 0 Å². The van der Waals surface area contributed by atoms with Crippen LogP contribution in [0.5, 0.6) is 5.75 Å². The average Bonchev–Trinajstić information content (AvgIpc) is 3.50. The maximum Gasteiger partial charge on any atom is 0.468 e. The summed E-state index contributed by atoms with van der Waals surface area (Å²) < 4.78 is 4.95. The van der Waals surface area contributed by atoms with Crippen molar-refractivity contribution in [3.63, 3.8) is 0 Å². The van der Waals surface area contributed by atoms with E-state index in [4.69, 9.17) is 4.18 Å². The van der Waals surface area contributed by atoms with E-state index >= 15 is 0 Å². The largest absolute Gasteiger partial charge is 0.468 e. The molecule has 2 N–H and O–H groups in total. The minimum absolute atomic E-state index is 0.0113. The van der Waals surface area contributed by atoms with Crippen LogP contribution in [0.15, 0.2) is 42.5 Å². The maximum atomic E-state index is 13.2. The Hall–Kier alpha value is -3.33. The van der Waals surface area contributed by atoms with E-state index in [1.54, 1.807) is 0 Å². The molecule has 0 aliphatic heterocycles. The summed E-state index contributed by atoms with van der Waals surface area (Å²) in [5, 5.41) is 21.7. The van der Waals surface area contributed by atoms with E-state index < -0.39 is 4.33 Å². The number of hydrogen-bond acceptors (Lipinski definition) is 6. The standard InChI is InChI=1S/C30H34N4O4S/c1-3-19-15-23-20(16-26(19)38-39-34(36)37)9-10-22-21(23)11-13-30(2)25(22)17-24-27(32-33-28(24)30)29(35)31-14-12-18-7-5-4-6-8-18/h4-8,15-16,21-22,25H,3,9-14,17H2,1-2H3,(H,31,35)(H,32,33). The number of aromatic nitrogens is 2. The molecule has 204 valence electrons. The summed E-state index contributed by atoms with van der Waals surface area (Å²) in [7, 11) is 0. The summed E-state index contributed by atoms with van der Waals surface area (Å²) in [6, 6.07) is 14.5. The first-order valence-corrected chi connectivity index (χ1v) is 14.6. The van der Waals surface area contributed by atoms with Gasteiger partial charge in [-0.05, 0) is 91.0 Å². The Morgan fingerprint density at radius 3 is 2.87 bits per heavy atom. The second-order valence-corrected chi connectivity index (χ2v) is 12.0. The summed E-state index contributed by atoms with van der Waals surface area (Å²) in [6.45, 7) is 5.00. The first-order chi connectivity index (χ1) is 18.9. The smallest absolute Gasteiger partial charge is 0.366 e. The Bertz CT molecular complexity index is 1410. The molecule has 0 bridgehead atoms. The number of carbonyl (C=O) groups is 1. The van der Waals surface area contributed by atoms with Gasteiger partial charge in [-0.2, -0.15) is 5.10 Å². The average molecular weight is 547 g/mol. The van der Waals surface area contributed by atoms with Crippen LogP contribution >= 0.6 is 12.2 Å². The number of aryl methyl sites for hydroxylation is 2. The van der Waals surface area contributed by atoms with Crippen LogP contribution in [0.3, 0.4) is 0 Å². The Kier molecular flexibility index (Phi) is 6.87. The third kappa shape index (κ3) is 4.60. The van der Waals surface area contributed by atoms with Gasteiger partial charge in [0.25, 0.3) is 5.91 Å². The summed E-state index contributed by atoms with van der Waals surface area (Å²) in [6.07, 6.45) is 6.56. The number of fused-ring (bicyclic) bond motifs is 7. The second kappa shape index (κ2) is 10.3. The number of nitro groups is 1. The number of carbonyl (C=O) groups excluding carboxylic acids is 1. The Morgan fingerprint density at radius 2 is 2.10 bits per heavy atom. The van der Waals surface area contributed by atoms with E-state index in [2.05, 4.69) is 47.6 Å². The highest BCUT2D eigenvalue weighted by Gasteiger charge is 2.55. The quantitative estimate of drug-likeness (QED) is 0.162. The van der Waals surface area contributed by atoms with Crippen LogP contribution in [0.2, 0.25) is 0 Å². The highest BCUT2D eigenvalue weighted by Crippen LogP contribution is 2.60. The first-order valence-electron chi connectivity index (χ1n) is 13.9. The summed E-state index contributed by atoms with van der Waals surface area (Å²) in [4.78, 5) is 24.0. The number of rotatable bonds is 8. The highest BCUT2D eigenvalue weighted by atomic mass is 32.2. The molecule has 1 saturated carbocycles. The van der Waals surface area contributed by atoms with Crippen LogP contribution in [0.4, 0.5) is 0 Å². The Labute approximate surface area is 232 Å². The lowest BCUT2D eigenvalue weighted by molar-refractivity contribution is -0.291. The van der Waals surface area contributed by atoms with E-state index in [1.165, 1.54) is 16.7 Å². The molecule has 4 atom stereocenters. The topological polar surface area (TPSA) is 110 Å². The van der Waals surface area contributed by atoms with Gasteiger partial charge in [0.2, 0.25) is 0 Å². The van der Waals surface area contributed by atoms with Crippen LogP contribution in [0.1, 0.15) is 83.0 Å². The minimum Gasteiger partial charge on any atom is -0.366 e. The molecule has 1 aromatic heterocycles. The van der Waals surface area contributed by atoms with Crippen LogP contribution in [-0.4, -0.2) is 27.0 Å². The molecule has 1 fully saturated rings. The van der Waals surface area contributed by atoms with Gasteiger partial charge < -0.3 is 9.50 Å². The van der Waals surface area contributed by atoms with Gasteiger partial charge in [0.1, 0.15) is 10.1 Å². The monoisotopic (exact) mass is 546 g/mol. The number of benzene rings is 2. The van der Waals surface area contributed by atoms with Crippen molar-refractivity contribution in [3.05, 3.63) is 91.8 Å². The third-order valence-corrected chi connectivity index (χ3v) is 9.86. The zero-order valence-electron chi connectivity index (χ0n) is 22.4. The first kappa shape index (κ1) is 25.9. The van der Waals surface area contributed by atoms with Gasteiger partial charge in [-0.1, -0.05) is 50.2 Å². The molecule has 0 radical (unpaired) electrons. The fourth-order valence-corrected chi connectivity index (χ4v) is 7.87. The molecular formula is C30H34N4O4S. The van der Waals surface area contributed by atoms with Crippen molar-refractivity contribution in [1.29, 1.82) is 0 Å². The molecule has 3 aliphatic rings. The van der Waals surface area contributed by atoms with Crippen molar-refractivity contribution in [2.24, 2.45) is 11.8 Å². The molecule has 3 aromatic rings. The summed E-state index contributed by atoms with van der Waals surface area (Å²) >= 11 is 0.281. The predicted molar refractivity (Wildman–Crippen MR) is 150 cm³/mol. The van der Waals surface area contributed by atoms with Crippen molar-refractivity contribution >= 4 is 18.1 Å². The van der Waals surface area contributed by atoms with E-state index in [9.17, 15) is 14.9 Å². The van der Waals surface area contributed by atoms with E-state index in [0.29, 0.717) is 35.7 Å². The molecule has 0 spiro atoms. The van der Waals surface area contributed by atoms with Gasteiger partial charge in [0.05, 0.1) is 0 Å². The van der Waals surface area contributed by atoms with Crippen molar-refractivity contribution in [3.8, 4) is 5.75 Å². The number of aromatic amines is 1. The Balaban J connectivity index is 1.20. The van der Waals surface area contributed by atoms with Gasteiger partial charge in [0, 0.05) is 23.2 Å².